The second kappa shape index (κ2) is 5.79. The molecule has 0 radical (unpaired) electrons. The van der Waals surface area contributed by atoms with Gasteiger partial charge in [0.1, 0.15) is 11.8 Å². The van der Waals surface area contributed by atoms with E-state index in [4.69, 9.17) is 0 Å². The molecule has 1 saturated heterocycles. The van der Waals surface area contributed by atoms with Gasteiger partial charge in [-0.05, 0) is 25.0 Å². The van der Waals surface area contributed by atoms with E-state index >= 15 is 0 Å². The second-order valence-electron chi connectivity index (χ2n) is 5.75. The lowest BCUT2D eigenvalue weighted by atomic mass is 10.2. The number of aromatic amines is 1. The summed E-state index contributed by atoms with van der Waals surface area (Å²) in [5.74, 6) is 1.82. The summed E-state index contributed by atoms with van der Waals surface area (Å²) in [6.45, 7) is 1.88. The van der Waals surface area contributed by atoms with Crippen molar-refractivity contribution in [2.24, 2.45) is 0 Å². The lowest BCUT2D eigenvalue weighted by molar-refractivity contribution is 0.644. The van der Waals surface area contributed by atoms with Crippen molar-refractivity contribution in [1.29, 1.82) is 0 Å². The molecule has 1 aliphatic heterocycles. The fourth-order valence-corrected chi connectivity index (χ4v) is 3.22. The Morgan fingerprint density at radius 2 is 2.30 bits per heavy atom. The molecule has 8 nitrogen and oxygen atoms in total. The Kier molecular flexibility index (Phi) is 3.49. The molecule has 0 spiro atoms. The molecule has 1 aliphatic rings. The molecule has 1 atom stereocenters. The fraction of sp³-hybridized carbons (Fsp3) is 0.400. The van der Waals surface area contributed by atoms with E-state index < -0.39 is 0 Å². The smallest absolute Gasteiger partial charge is 0.182 e. The minimum absolute atomic E-state index is 0.393. The van der Waals surface area contributed by atoms with Crippen LogP contribution in [0, 0.1) is 0 Å². The van der Waals surface area contributed by atoms with Crippen LogP contribution in [0.5, 0.6) is 0 Å². The van der Waals surface area contributed by atoms with Crippen LogP contribution >= 0.6 is 0 Å². The molecular formula is C15H18N8. The van der Waals surface area contributed by atoms with Gasteiger partial charge in [0.25, 0.3) is 0 Å². The van der Waals surface area contributed by atoms with Gasteiger partial charge in [0.2, 0.25) is 0 Å². The quantitative estimate of drug-likeness (QED) is 0.776. The van der Waals surface area contributed by atoms with Gasteiger partial charge in [-0.3, -0.25) is 0 Å². The molecule has 0 aliphatic carbocycles. The van der Waals surface area contributed by atoms with Crippen LogP contribution in [0.25, 0.3) is 11.2 Å². The van der Waals surface area contributed by atoms with Crippen LogP contribution in [0.4, 0.5) is 11.6 Å². The Morgan fingerprint density at radius 3 is 3.17 bits per heavy atom. The predicted octanol–water partition coefficient (Wildman–Crippen LogP) is 1.25. The highest BCUT2D eigenvalue weighted by Crippen LogP contribution is 2.26. The molecule has 1 unspecified atom stereocenters. The summed E-state index contributed by atoms with van der Waals surface area (Å²) < 4.78 is 0. The summed E-state index contributed by atoms with van der Waals surface area (Å²) in [6.07, 6.45) is 7.22. The largest absolute Gasteiger partial charge is 0.356 e. The second-order valence-corrected chi connectivity index (χ2v) is 5.75. The number of likely N-dealkylation sites (N-methyl/N-ethyl adjacent to an activating group) is 1. The average Bonchev–Trinajstić information content (AvgIpc) is 3.24. The number of imidazole rings is 1. The normalized spacial score (nSPS) is 17.8. The molecule has 3 aromatic heterocycles. The molecule has 3 aromatic rings. The predicted molar refractivity (Wildman–Crippen MR) is 87.4 cm³/mol. The number of nitrogens with one attached hydrogen (secondary N) is 1. The molecule has 23 heavy (non-hydrogen) atoms. The van der Waals surface area contributed by atoms with Crippen molar-refractivity contribution in [2.75, 3.05) is 29.9 Å². The number of rotatable bonds is 4. The SMILES string of the molecule is CN(CC1CCCN1c1cccnn1)c1ncnc2nc[nH]c12. The Morgan fingerprint density at radius 1 is 1.35 bits per heavy atom. The van der Waals surface area contributed by atoms with Gasteiger partial charge in [-0.25, -0.2) is 15.0 Å². The van der Waals surface area contributed by atoms with Gasteiger partial charge in [0.15, 0.2) is 17.3 Å². The first-order valence-corrected chi connectivity index (χ1v) is 7.72. The van der Waals surface area contributed by atoms with E-state index in [2.05, 4.69) is 47.0 Å². The summed E-state index contributed by atoms with van der Waals surface area (Å²) in [5.41, 5.74) is 1.57. The highest BCUT2D eigenvalue weighted by molar-refractivity contribution is 5.82. The van der Waals surface area contributed by atoms with E-state index in [-0.39, 0.29) is 0 Å². The van der Waals surface area contributed by atoms with Crippen LogP contribution in [0.3, 0.4) is 0 Å². The van der Waals surface area contributed by atoms with Crippen molar-refractivity contribution in [3.8, 4) is 0 Å². The van der Waals surface area contributed by atoms with Crippen molar-refractivity contribution >= 4 is 22.8 Å². The number of anilines is 2. The van der Waals surface area contributed by atoms with Gasteiger partial charge in [-0.1, -0.05) is 0 Å². The number of aromatic nitrogens is 6. The van der Waals surface area contributed by atoms with E-state index in [9.17, 15) is 0 Å². The number of fused-ring (bicyclic) bond motifs is 1. The van der Waals surface area contributed by atoms with E-state index in [0.29, 0.717) is 11.7 Å². The monoisotopic (exact) mass is 310 g/mol. The molecule has 118 valence electrons. The Hall–Kier alpha value is -2.77. The molecule has 1 fully saturated rings. The molecule has 0 saturated carbocycles. The van der Waals surface area contributed by atoms with Crippen molar-refractivity contribution in [1.82, 2.24) is 30.1 Å². The van der Waals surface area contributed by atoms with Gasteiger partial charge in [0, 0.05) is 32.4 Å². The van der Waals surface area contributed by atoms with Crippen molar-refractivity contribution < 1.29 is 0 Å². The molecule has 4 heterocycles. The zero-order valence-corrected chi connectivity index (χ0v) is 12.9. The van der Waals surface area contributed by atoms with Gasteiger partial charge in [-0.2, -0.15) is 5.10 Å². The Bertz CT molecular complexity index is 786. The number of hydrogen-bond donors (Lipinski definition) is 1. The van der Waals surface area contributed by atoms with Crippen molar-refractivity contribution in [3.05, 3.63) is 31.0 Å². The third kappa shape index (κ3) is 2.56. The maximum atomic E-state index is 4.42. The number of H-pyrrole nitrogens is 1. The summed E-state index contributed by atoms with van der Waals surface area (Å²) in [5, 5.41) is 8.24. The average molecular weight is 310 g/mol. The van der Waals surface area contributed by atoms with Crippen LogP contribution in [0.1, 0.15) is 12.8 Å². The maximum Gasteiger partial charge on any atom is 0.182 e. The van der Waals surface area contributed by atoms with Crippen molar-refractivity contribution in [2.45, 2.75) is 18.9 Å². The Balaban J connectivity index is 1.56. The summed E-state index contributed by atoms with van der Waals surface area (Å²) in [6, 6.07) is 4.34. The summed E-state index contributed by atoms with van der Waals surface area (Å²) >= 11 is 0. The lowest BCUT2D eigenvalue weighted by Crippen LogP contribution is -2.39. The maximum absolute atomic E-state index is 4.42. The van der Waals surface area contributed by atoms with Crippen LogP contribution in [-0.2, 0) is 0 Å². The molecule has 4 rings (SSSR count). The van der Waals surface area contributed by atoms with Gasteiger partial charge < -0.3 is 14.8 Å². The summed E-state index contributed by atoms with van der Waals surface area (Å²) in [4.78, 5) is 20.4. The third-order valence-corrected chi connectivity index (χ3v) is 4.28. The molecular weight excluding hydrogens is 292 g/mol. The molecule has 0 amide bonds. The van der Waals surface area contributed by atoms with Crippen LogP contribution in [-0.4, -0.2) is 56.3 Å². The number of hydrogen-bond acceptors (Lipinski definition) is 7. The standard InChI is InChI=1S/C15H18N8/c1-22(15-13-14(17-9-16-13)18-10-19-15)8-11-4-3-7-23(11)12-5-2-6-20-21-12/h2,5-6,9-11H,3-4,7-8H2,1H3,(H,16,17,18,19). The minimum atomic E-state index is 0.393. The summed E-state index contributed by atoms with van der Waals surface area (Å²) in [7, 11) is 2.05. The number of nitrogens with zero attached hydrogens (tertiary/aromatic N) is 7. The third-order valence-electron chi connectivity index (χ3n) is 4.28. The Labute approximate surface area is 133 Å². The highest BCUT2D eigenvalue weighted by atomic mass is 15.3. The topological polar surface area (TPSA) is 86.7 Å². The van der Waals surface area contributed by atoms with Crippen molar-refractivity contribution in [3.63, 3.8) is 0 Å². The van der Waals surface area contributed by atoms with Gasteiger partial charge in [-0.15, -0.1) is 5.10 Å². The van der Waals surface area contributed by atoms with Crippen LogP contribution in [0.15, 0.2) is 31.0 Å². The minimum Gasteiger partial charge on any atom is -0.356 e. The molecule has 0 aromatic carbocycles. The fourth-order valence-electron chi connectivity index (χ4n) is 3.22. The lowest BCUT2D eigenvalue weighted by Gasteiger charge is -2.29. The van der Waals surface area contributed by atoms with E-state index in [1.54, 1.807) is 18.9 Å². The van der Waals surface area contributed by atoms with Gasteiger partial charge >= 0.3 is 0 Å². The van der Waals surface area contributed by atoms with Gasteiger partial charge in [0.05, 0.1) is 6.33 Å². The van der Waals surface area contributed by atoms with E-state index in [1.165, 1.54) is 6.42 Å². The van der Waals surface area contributed by atoms with Crippen LogP contribution in [0.2, 0.25) is 0 Å². The first kappa shape index (κ1) is 13.9. The molecule has 8 heteroatoms. The molecule has 0 bridgehead atoms. The highest BCUT2D eigenvalue weighted by Gasteiger charge is 2.27. The first-order valence-electron chi connectivity index (χ1n) is 7.72. The van der Waals surface area contributed by atoms with E-state index in [1.807, 2.05) is 12.1 Å². The zero-order chi connectivity index (χ0) is 15.6. The van der Waals surface area contributed by atoms with E-state index in [0.717, 1.165) is 36.7 Å². The first-order chi connectivity index (χ1) is 11.3. The molecule has 1 N–H and O–H groups in total. The van der Waals surface area contributed by atoms with Crippen LogP contribution < -0.4 is 9.80 Å². The zero-order valence-electron chi connectivity index (χ0n) is 12.9.